The summed E-state index contributed by atoms with van der Waals surface area (Å²) >= 11 is 8.45. The average molecular weight is 374 g/mol. The second-order valence-electron chi connectivity index (χ2n) is 3.77. The minimum absolute atomic E-state index is 0.153. The van der Waals surface area contributed by atoms with E-state index in [2.05, 4.69) is 31.9 Å². The molecule has 0 aliphatic heterocycles. The Morgan fingerprint density at radius 1 is 1.24 bits per heavy atom. The molecule has 88 valence electrons. The maximum Gasteiger partial charge on any atom is 0.168 e. The van der Waals surface area contributed by atoms with Crippen molar-refractivity contribution in [3.63, 3.8) is 0 Å². The van der Waals surface area contributed by atoms with Crippen molar-refractivity contribution in [3.8, 4) is 0 Å². The number of hydrogen-bond donors (Lipinski definition) is 0. The molecule has 0 aliphatic carbocycles. The van der Waals surface area contributed by atoms with E-state index in [1.165, 1.54) is 0 Å². The standard InChI is InChI=1S/C13H10Br2OS/c1-8-2-3-9(6-11(8)14)12(16)7-10-4-5-13(15)17-10/h2-6H,7H2,1H3. The summed E-state index contributed by atoms with van der Waals surface area (Å²) in [6.07, 6.45) is 0.464. The van der Waals surface area contributed by atoms with E-state index in [1.54, 1.807) is 11.3 Å². The lowest BCUT2D eigenvalue weighted by atomic mass is 10.1. The first-order valence-electron chi connectivity index (χ1n) is 5.10. The van der Waals surface area contributed by atoms with Crippen LogP contribution in [-0.2, 0) is 6.42 Å². The van der Waals surface area contributed by atoms with E-state index in [9.17, 15) is 4.79 Å². The molecule has 0 spiro atoms. The second kappa shape index (κ2) is 5.46. The molecule has 0 unspecified atom stereocenters. The summed E-state index contributed by atoms with van der Waals surface area (Å²) < 4.78 is 2.04. The van der Waals surface area contributed by atoms with Crippen LogP contribution < -0.4 is 0 Å². The summed E-state index contributed by atoms with van der Waals surface area (Å²) in [4.78, 5) is 13.1. The van der Waals surface area contributed by atoms with Gasteiger partial charge in [0.1, 0.15) is 0 Å². The molecular formula is C13H10Br2OS. The summed E-state index contributed by atoms with van der Waals surface area (Å²) in [5, 5.41) is 0. The van der Waals surface area contributed by atoms with Gasteiger partial charge in [0.05, 0.1) is 3.79 Å². The summed E-state index contributed by atoms with van der Waals surface area (Å²) in [7, 11) is 0. The first-order chi connectivity index (χ1) is 8.06. The van der Waals surface area contributed by atoms with Gasteiger partial charge < -0.3 is 0 Å². The van der Waals surface area contributed by atoms with Crippen LogP contribution in [0.25, 0.3) is 0 Å². The van der Waals surface area contributed by atoms with Crippen LogP contribution in [0.5, 0.6) is 0 Å². The smallest absolute Gasteiger partial charge is 0.168 e. The van der Waals surface area contributed by atoms with Crippen molar-refractivity contribution in [1.82, 2.24) is 0 Å². The molecule has 0 N–H and O–H groups in total. The Morgan fingerprint density at radius 2 is 2.00 bits per heavy atom. The van der Waals surface area contributed by atoms with Gasteiger partial charge in [-0.3, -0.25) is 4.79 Å². The summed E-state index contributed by atoms with van der Waals surface area (Å²) in [6, 6.07) is 9.68. The zero-order valence-electron chi connectivity index (χ0n) is 9.17. The summed E-state index contributed by atoms with van der Waals surface area (Å²) in [5.41, 5.74) is 1.90. The molecule has 0 atom stereocenters. The van der Waals surface area contributed by atoms with E-state index < -0.39 is 0 Å². The van der Waals surface area contributed by atoms with E-state index in [1.807, 2.05) is 37.3 Å². The van der Waals surface area contributed by atoms with Crippen LogP contribution in [0.4, 0.5) is 0 Å². The molecule has 1 aromatic heterocycles. The maximum atomic E-state index is 12.1. The lowest BCUT2D eigenvalue weighted by molar-refractivity contribution is 0.0994. The van der Waals surface area contributed by atoms with Crippen molar-refractivity contribution in [3.05, 3.63) is 54.6 Å². The van der Waals surface area contributed by atoms with E-state index in [4.69, 9.17) is 0 Å². The van der Waals surface area contributed by atoms with E-state index in [0.717, 1.165) is 24.3 Å². The molecule has 0 radical (unpaired) electrons. The number of halogens is 2. The van der Waals surface area contributed by atoms with Gasteiger partial charge in [0.2, 0.25) is 0 Å². The van der Waals surface area contributed by atoms with E-state index in [0.29, 0.717) is 6.42 Å². The molecular weight excluding hydrogens is 364 g/mol. The molecule has 0 fully saturated rings. The first kappa shape index (κ1) is 13.0. The minimum Gasteiger partial charge on any atom is -0.294 e. The molecule has 0 saturated carbocycles. The van der Waals surface area contributed by atoms with Gasteiger partial charge in [-0.15, -0.1) is 11.3 Å². The Hall–Kier alpha value is -0.450. The molecule has 1 aromatic carbocycles. The van der Waals surface area contributed by atoms with Crippen molar-refractivity contribution in [1.29, 1.82) is 0 Å². The largest absolute Gasteiger partial charge is 0.294 e. The number of Topliss-reactive ketones (excluding diaryl/α,β-unsaturated/α-hetero) is 1. The first-order valence-corrected chi connectivity index (χ1v) is 7.50. The van der Waals surface area contributed by atoms with Gasteiger partial charge in [0.15, 0.2) is 5.78 Å². The van der Waals surface area contributed by atoms with Crippen LogP contribution in [0.2, 0.25) is 0 Å². The Balaban J connectivity index is 2.17. The third-order valence-corrected chi connectivity index (χ3v) is 4.94. The molecule has 0 bridgehead atoms. The molecule has 4 heteroatoms. The highest BCUT2D eigenvalue weighted by Gasteiger charge is 2.09. The predicted molar refractivity (Wildman–Crippen MR) is 78.9 cm³/mol. The van der Waals surface area contributed by atoms with Crippen LogP contribution in [-0.4, -0.2) is 5.78 Å². The van der Waals surface area contributed by atoms with Crippen molar-refractivity contribution in [2.24, 2.45) is 0 Å². The number of benzene rings is 1. The van der Waals surface area contributed by atoms with Crippen LogP contribution in [0.15, 0.2) is 38.6 Å². The minimum atomic E-state index is 0.153. The summed E-state index contributed by atoms with van der Waals surface area (Å²) in [5.74, 6) is 0.153. The molecule has 17 heavy (non-hydrogen) atoms. The number of hydrogen-bond acceptors (Lipinski definition) is 2. The third kappa shape index (κ3) is 3.27. The highest BCUT2D eigenvalue weighted by molar-refractivity contribution is 9.11. The topological polar surface area (TPSA) is 17.1 Å². The molecule has 1 nitrogen and oxygen atoms in total. The Bertz CT molecular complexity index is 560. The lowest BCUT2D eigenvalue weighted by Crippen LogP contribution is -2.02. The number of carbonyl (C=O) groups excluding carboxylic acids is 1. The zero-order chi connectivity index (χ0) is 12.4. The lowest BCUT2D eigenvalue weighted by Gasteiger charge is -2.02. The quantitative estimate of drug-likeness (QED) is 0.691. The second-order valence-corrected chi connectivity index (χ2v) is 7.17. The molecule has 0 aliphatic rings. The van der Waals surface area contributed by atoms with E-state index in [-0.39, 0.29) is 5.78 Å². The number of carbonyl (C=O) groups is 1. The number of ketones is 1. The molecule has 0 saturated heterocycles. The van der Waals surface area contributed by atoms with Crippen LogP contribution in [0.3, 0.4) is 0 Å². The van der Waals surface area contributed by atoms with Gasteiger partial charge in [0.25, 0.3) is 0 Å². The van der Waals surface area contributed by atoms with E-state index >= 15 is 0 Å². The van der Waals surface area contributed by atoms with Crippen LogP contribution in [0.1, 0.15) is 20.8 Å². The molecule has 2 rings (SSSR count). The Kier molecular flexibility index (Phi) is 4.17. The fraction of sp³-hybridized carbons (Fsp3) is 0.154. The molecule has 1 heterocycles. The van der Waals surface area contributed by atoms with Gasteiger partial charge in [0, 0.05) is 21.3 Å². The van der Waals surface area contributed by atoms with Crippen LogP contribution >= 0.6 is 43.2 Å². The van der Waals surface area contributed by atoms with Gasteiger partial charge in [-0.05, 0) is 46.6 Å². The number of rotatable bonds is 3. The Morgan fingerprint density at radius 3 is 2.59 bits per heavy atom. The molecule has 0 amide bonds. The zero-order valence-corrected chi connectivity index (χ0v) is 13.2. The monoisotopic (exact) mass is 372 g/mol. The SMILES string of the molecule is Cc1ccc(C(=O)Cc2ccc(Br)s2)cc1Br. The van der Waals surface area contributed by atoms with Gasteiger partial charge in [-0.2, -0.15) is 0 Å². The maximum absolute atomic E-state index is 12.1. The fourth-order valence-electron chi connectivity index (χ4n) is 1.47. The van der Waals surface area contributed by atoms with Crippen molar-refractivity contribution in [2.45, 2.75) is 13.3 Å². The predicted octanol–water partition coefficient (Wildman–Crippen LogP) is 5.01. The van der Waals surface area contributed by atoms with Crippen LogP contribution in [0, 0.1) is 6.92 Å². The third-order valence-electron chi connectivity index (χ3n) is 2.46. The van der Waals surface area contributed by atoms with Gasteiger partial charge in [-0.25, -0.2) is 0 Å². The average Bonchev–Trinajstić information content (AvgIpc) is 2.68. The normalized spacial score (nSPS) is 10.5. The van der Waals surface area contributed by atoms with Gasteiger partial charge >= 0.3 is 0 Å². The van der Waals surface area contributed by atoms with Gasteiger partial charge in [-0.1, -0.05) is 28.1 Å². The fourth-order valence-corrected chi connectivity index (χ4v) is 3.33. The summed E-state index contributed by atoms with van der Waals surface area (Å²) in [6.45, 7) is 2.01. The van der Waals surface area contributed by atoms with Crippen molar-refractivity contribution >= 4 is 49.0 Å². The van der Waals surface area contributed by atoms with Crippen molar-refractivity contribution < 1.29 is 4.79 Å². The number of thiophene rings is 1. The number of aryl methyl sites for hydroxylation is 1. The Labute approximate surface area is 121 Å². The molecule has 2 aromatic rings. The highest BCUT2D eigenvalue weighted by atomic mass is 79.9. The highest BCUT2D eigenvalue weighted by Crippen LogP contribution is 2.24. The van der Waals surface area contributed by atoms with Crippen molar-refractivity contribution in [2.75, 3.05) is 0 Å².